The summed E-state index contributed by atoms with van der Waals surface area (Å²) >= 11 is 5.68. The first-order valence-corrected chi connectivity index (χ1v) is 4.96. The van der Waals surface area contributed by atoms with E-state index in [2.05, 4.69) is 0 Å². The van der Waals surface area contributed by atoms with Crippen LogP contribution in [0.15, 0.2) is 18.2 Å². The fourth-order valence-corrected chi connectivity index (χ4v) is 1.80. The van der Waals surface area contributed by atoms with Crippen molar-refractivity contribution in [3.05, 3.63) is 28.8 Å². The number of benzene rings is 1. The van der Waals surface area contributed by atoms with Gasteiger partial charge in [-0.3, -0.25) is 0 Å². The van der Waals surface area contributed by atoms with Gasteiger partial charge < -0.3 is 9.84 Å². The molecule has 1 aromatic rings. The highest BCUT2D eigenvalue weighted by Gasteiger charge is 2.45. The average Bonchev–Trinajstić information content (AvgIpc) is 2.17. The van der Waals surface area contributed by atoms with Gasteiger partial charge in [0.2, 0.25) is 0 Å². The number of ether oxygens (including phenoxy) is 1. The van der Waals surface area contributed by atoms with Crippen LogP contribution in [0.1, 0.15) is 18.1 Å². The van der Waals surface area contributed by atoms with Crippen LogP contribution in [0.2, 0.25) is 5.02 Å². The second kappa shape index (κ2) is 3.82. The van der Waals surface area contributed by atoms with Gasteiger partial charge in [0.05, 0.1) is 6.10 Å². The second-order valence-electron chi connectivity index (χ2n) is 3.58. The highest BCUT2D eigenvalue weighted by Crippen LogP contribution is 2.40. The Morgan fingerprint density at radius 2 is 2.06 bits per heavy atom. The van der Waals surface area contributed by atoms with Gasteiger partial charge in [0.1, 0.15) is 5.75 Å². The molecule has 0 saturated carbocycles. The maximum atomic E-state index is 12.4. The van der Waals surface area contributed by atoms with E-state index >= 15 is 0 Å². The van der Waals surface area contributed by atoms with E-state index in [1.54, 1.807) is 0 Å². The van der Waals surface area contributed by atoms with Crippen LogP contribution in [0.5, 0.6) is 5.75 Å². The lowest BCUT2D eigenvalue weighted by atomic mass is 9.99. The Balaban J connectivity index is 2.34. The Morgan fingerprint density at radius 3 is 2.69 bits per heavy atom. The lowest BCUT2D eigenvalue weighted by Gasteiger charge is -2.30. The van der Waals surface area contributed by atoms with Crippen molar-refractivity contribution in [3.8, 4) is 5.75 Å². The standard InChI is InChI=1S/C10H8ClF3O2/c11-5-1-2-8-6(3-5)7(15)4-9(16-8)10(12,13)14/h1-3,7,9,15H,4H2/t7-,9-/m0/s1. The minimum absolute atomic E-state index is 0.0328. The summed E-state index contributed by atoms with van der Waals surface area (Å²) in [6.45, 7) is 0. The molecule has 0 fully saturated rings. The average molecular weight is 253 g/mol. The van der Waals surface area contributed by atoms with Gasteiger partial charge in [-0.2, -0.15) is 13.2 Å². The third-order valence-electron chi connectivity index (χ3n) is 2.40. The van der Waals surface area contributed by atoms with Crippen molar-refractivity contribution in [3.63, 3.8) is 0 Å². The number of rotatable bonds is 0. The maximum Gasteiger partial charge on any atom is 0.425 e. The molecule has 0 aliphatic carbocycles. The van der Waals surface area contributed by atoms with E-state index < -0.39 is 24.8 Å². The van der Waals surface area contributed by atoms with Crippen molar-refractivity contribution in [1.29, 1.82) is 0 Å². The zero-order valence-electron chi connectivity index (χ0n) is 7.96. The lowest BCUT2D eigenvalue weighted by Crippen LogP contribution is -2.38. The molecule has 0 spiro atoms. The zero-order chi connectivity index (χ0) is 11.9. The van der Waals surface area contributed by atoms with Gasteiger partial charge in [-0.05, 0) is 18.2 Å². The predicted molar refractivity (Wildman–Crippen MR) is 51.5 cm³/mol. The van der Waals surface area contributed by atoms with Crippen molar-refractivity contribution in [2.75, 3.05) is 0 Å². The molecule has 0 amide bonds. The summed E-state index contributed by atoms with van der Waals surface area (Å²) in [5.74, 6) is 0.0328. The number of hydrogen-bond donors (Lipinski definition) is 1. The van der Waals surface area contributed by atoms with Crippen LogP contribution >= 0.6 is 11.6 Å². The summed E-state index contributed by atoms with van der Waals surface area (Å²) in [5.41, 5.74) is 0.299. The first-order valence-electron chi connectivity index (χ1n) is 4.59. The fourth-order valence-electron chi connectivity index (χ4n) is 1.62. The number of fused-ring (bicyclic) bond motifs is 1. The monoisotopic (exact) mass is 252 g/mol. The van der Waals surface area contributed by atoms with Gasteiger partial charge in [0.25, 0.3) is 0 Å². The van der Waals surface area contributed by atoms with Crippen LogP contribution in [0.25, 0.3) is 0 Å². The molecular formula is C10H8ClF3O2. The van der Waals surface area contributed by atoms with E-state index in [9.17, 15) is 18.3 Å². The molecule has 0 bridgehead atoms. The molecular weight excluding hydrogens is 245 g/mol. The van der Waals surface area contributed by atoms with E-state index in [0.717, 1.165) is 0 Å². The number of aliphatic hydroxyl groups is 1. The van der Waals surface area contributed by atoms with Gasteiger partial charge in [-0.25, -0.2) is 0 Å². The molecule has 2 atom stereocenters. The Bertz CT molecular complexity index is 406. The SMILES string of the molecule is O[C@H]1C[C@@H](C(F)(F)F)Oc2ccc(Cl)cc21. The van der Waals surface area contributed by atoms with E-state index in [4.69, 9.17) is 16.3 Å². The summed E-state index contributed by atoms with van der Waals surface area (Å²) in [7, 11) is 0. The van der Waals surface area contributed by atoms with E-state index in [1.807, 2.05) is 0 Å². The van der Waals surface area contributed by atoms with Crippen LogP contribution in [-0.2, 0) is 0 Å². The number of hydrogen-bond acceptors (Lipinski definition) is 2. The van der Waals surface area contributed by atoms with Crippen molar-refractivity contribution in [2.24, 2.45) is 0 Å². The molecule has 0 aromatic heterocycles. The van der Waals surface area contributed by atoms with Crippen molar-refractivity contribution < 1.29 is 23.0 Å². The third-order valence-corrected chi connectivity index (χ3v) is 2.64. The first-order chi connectivity index (χ1) is 7.38. The smallest absolute Gasteiger partial charge is 0.425 e. The maximum absolute atomic E-state index is 12.4. The molecule has 0 radical (unpaired) electrons. The molecule has 1 aliphatic heterocycles. The first kappa shape index (κ1) is 11.5. The van der Waals surface area contributed by atoms with Crippen LogP contribution in [0.4, 0.5) is 13.2 Å². The van der Waals surface area contributed by atoms with E-state index in [-0.39, 0.29) is 5.75 Å². The Labute approximate surface area is 94.6 Å². The van der Waals surface area contributed by atoms with Crippen LogP contribution in [-0.4, -0.2) is 17.4 Å². The fraction of sp³-hybridized carbons (Fsp3) is 0.400. The molecule has 0 unspecified atom stereocenters. The topological polar surface area (TPSA) is 29.5 Å². The Hall–Kier alpha value is -0.940. The number of aliphatic hydroxyl groups excluding tert-OH is 1. The molecule has 16 heavy (non-hydrogen) atoms. The summed E-state index contributed by atoms with van der Waals surface area (Å²) in [6.07, 6.45) is -8.14. The summed E-state index contributed by atoms with van der Waals surface area (Å²) < 4.78 is 42.1. The van der Waals surface area contributed by atoms with Gasteiger partial charge in [0, 0.05) is 17.0 Å². The van der Waals surface area contributed by atoms with Gasteiger partial charge in [0.15, 0.2) is 6.10 Å². The quantitative estimate of drug-likeness (QED) is 0.769. The van der Waals surface area contributed by atoms with Crippen LogP contribution in [0.3, 0.4) is 0 Å². The molecule has 0 saturated heterocycles. The van der Waals surface area contributed by atoms with Gasteiger partial charge >= 0.3 is 6.18 Å². The third kappa shape index (κ3) is 2.10. The van der Waals surface area contributed by atoms with Crippen molar-refractivity contribution in [1.82, 2.24) is 0 Å². The Kier molecular flexibility index (Phi) is 2.75. The van der Waals surface area contributed by atoms with Crippen molar-refractivity contribution in [2.45, 2.75) is 24.8 Å². The number of alkyl halides is 3. The van der Waals surface area contributed by atoms with Crippen molar-refractivity contribution >= 4 is 11.6 Å². The second-order valence-corrected chi connectivity index (χ2v) is 4.02. The molecule has 1 heterocycles. The highest BCUT2D eigenvalue weighted by molar-refractivity contribution is 6.30. The minimum atomic E-state index is -4.47. The highest BCUT2D eigenvalue weighted by atomic mass is 35.5. The predicted octanol–water partition coefficient (Wildman–Crippen LogP) is 3.09. The Morgan fingerprint density at radius 1 is 1.38 bits per heavy atom. The lowest BCUT2D eigenvalue weighted by molar-refractivity contribution is -0.207. The summed E-state index contributed by atoms with van der Waals surface area (Å²) in [5, 5.41) is 9.93. The zero-order valence-corrected chi connectivity index (χ0v) is 8.72. The van der Waals surface area contributed by atoms with Crippen LogP contribution in [0, 0.1) is 0 Å². The largest absolute Gasteiger partial charge is 0.480 e. The molecule has 2 rings (SSSR count). The molecule has 88 valence electrons. The van der Waals surface area contributed by atoms with E-state index in [1.165, 1.54) is 18.2 Å². The summed E-state index contributed by atoms with van der Waals surface area (Å²) in [6, 6.07) is 4.17. The number of halogens is 4. The van der Waals surface area contributed by atoms with Gasteiger partial charge in [-0.1, -0.05) is 11.6 Å². The molecule has 1 aromatic carbocycles. The molecule has 1 N–H and O–H groups in total. The molecule has 2 nitrogen and oxygen atoms in total. The normalized spacial score (nSPS) is 24.8. The van der Waals surface area contributed by atoms with Gasteiger partial charge in [-0.15, -0.1) is 0 Å². The summed E-state index contributed by atoms with van der Waals surface area (Å²) in [4.78, 5) is 0. The van der Waals surface area contributed by atoms with Crippen LogP contribution < -0.4 is 4.74 Å². The van der Waals surface area contributed by atoms with E-state index in [0.29, 0.717) is 10.6 Å². The molecule has 1 aliphatic rings. The molecule has 6 heteroatoms. The minimum Gasteiger partial charge on any atom is -0.480 e.